The predicted molar refractivity (Wildman–Crippen MR) is 82.8 cm³/mol. The largest absolute Gasteiger partial charge is 0.383 e. The number of amides is 1. The highest BCUT2D eigenvalue weighted by atomic mass is 16.6. The molecule has 1 aromatic carbocycles. The number of nitro groups is 1. The van der Waals surface area contributed by atoms with Gasteiger partial charge in [0.25, 0.3) is 5.91 Å². The smallest absolute Gasteiger partial charge is 0.305 e. The lowest BCUT2D eigenvalue weighted by atomic mass is 10.1. The third-order valence-electron chi connectivity index (χ3n) is 3.16. The Morgan fingerprint density at radius 1 is 1.29 bits per heavy atom. The van der Waals surface area contributed by atoms with Crippen molar-refractivity contribution in [3.63, 3.8) is 0 Å². The molecule has 1 aromatic rings. The van der Waals surface area contributed by atoms with Gasteiger partial charge in [0.1, 0.15) is 11.3 Å². The quantitative estimate of drug-likeness (QED) is 0.611. The van der Waals surface area contributed by atoms with Gasteiger partial charge in [-0.15, -0.1) is 0 Å². The molecular formula is C14H22N4O3. The molecule has 0 saturated heterocycles. The van der Waals surface area contributed by atoms with Gasteiger partial charge in [-0.2, -0.15) is 0 Å². The second kappa shape index (κ2) is 7.58. The third kappa shape index (κ3) is 4.42. The molecule has 0 aliphatic carbocycles. The Morgan fingerprint density at radius 2 is 1.95 bits per heavy atom. The number of hydrogen-bond donors (Lipinski definition) is 1. The van der Waals surface area contributed by atoms with Crippen LogP contribution in [0.4, 0.5) is 11.4 Å². The first-order valence-corrected chi connectivity index (χ1v) is 6.73. The molecule has 0 spiro atoms. The zero-order valence-electron chi connectivity index (χ0n) is 12.9. The van der Waals surface area contributed by atoms with Gasteiger partial charge in [0.15, 0.2) is 0 Å². The van der Waals surface area contributed by atoms with Crippen LogP contribution in [-0.2, 0) is 0 Å². The van der Waals surface area contributed by atoms with Crippen molar-refractivity contribution in [2.75, 3.05) is 46.6 Å². The Balaban J connectivity index is 2.94. The van der Waals surface area contributed by atoms with Crippen LogP contribution in [0.1, 0.15) is 16.8 Å². The lowest BCUT2D eigenvalue weighted by Crippen LogP contribution is -2.30. The van der Waals surface area contributed by atoms with Crippen molar-refractivity contribution in [3.05, 3.63) is 33.9 Å². The molecule has 0 atom stereocenters. The van der Waals surface area contributed by atoms with E-state index in [0.29, 0.717) is 12.2 Å². The van der Waals surface area contributed by atoms with E-state index in [-0.39, 0.29) is 17.2 Å². The average molecular weight is 294 g/mol. The summed E-state index contributed by atoms with van der Waals surface area (Å²) in [6.07, 6.45) is 0.814. The van der Waals surface area contributed by atoms with Crippen LogP contribution in [0.2, 0.25) is 0 Å². The summed E-state index contributed by atoms with van der Waals surface area (Å²) in [5.74, 6) is -0.336. The normalized spacial score (nSPS) is 10.5. The first-order chi connectivity index (χ1) is 9.88. The molecule has 0 bridgehead atoms. The summed E-state index contributed by atoms with van der Waals surface area (Å²) < 4.78 is 0. The van der Waals surface area contributed by atoms with Crippen LogP contribution in [0.3, 0.4) is 0 Å². The highest BCUT2D eigenvalue weighted by Crippen LogP contribution is 2.29. The van der Waals surface area contributed by atoms with Crippen molar-refractivity contribution in [3.8, 4) is 0 Å². The van der Waals surface area contributed by atoms with Gasteiger partial charge in [0.05, 0.1) is 4.92 Å². The number of anilines is 1. The molecule has 0 unspecified atom stereocenters. The summed E-state index contributed by atoms with van der Waals surface area (Å²) in [5, 5.41) is 14.0. The molecule has 1 amide bonds. The van der Waals surface area contributed by atoms with Crippen LogP contribution in [-0.4, -0.2) is 61.9 Å². The predicted octanol–water partition coefficient (Wildman–Crippen LogP) is 1.66. The molecular weight excluding hydrogens is 272 g/mol. The van der Waals surface area contributed by atoms with E-state index in [0.717, 1.165) is 13.0 Å². The molecule has 0 aliphatic rings. The number of para-hydroxylation sites is 1. The van der Waals surface area contributed by atoms with E-state index in [4.69, 9.17) is 0 Å². The van der Waals surface area contributed by atoms with E-state index >= 15 is 0 Å². The Bertz CT molecular complexity index is 517. The number of benzene rings is 1. The minimum atomic E-state index is -0.521. The van der Waals surface area contributed by atoms with Gasteiger partial charge in [0, 0.05) is 20.6 Å². The minimum Gasteiger partial charge on any atom is -0.383 e. The summed E-state index contributed by atoms with van der Waals surface area (Å²) in [7, 11) is 7.18. The van der Waals surface area contributed by atoms with Gasteiger partial charge in [-0.25, -0.2) is 0 Å². The molecule has 0 radical (unpaired) electrons. The maximum absolute atomic E-state index is 12.4. The molecule has 0 aromatic heterocycles. The fourth-order valence-electron chi connectivity index (χ4n) is 2.05. The van der Waals surface area contributed by atoms with Gasteiger partial charge in [-0.05, 0) is 39.2 Å². The van der Waals surface area contributed by atoms with E-state index in [2.05, 4.69) is 5.32 Å². The average Bonchev–Trinajstić information content (AvgIpc) is 2.44. The van der Waals surface area contributed by atoms with Gasteiger partial charge >= 0.3 is 5.69 Å². The minimum absolute atomic E-state index is 0.110. The monoisotopic (exact) mass is 294 g/mol. The number of carbonyl (C=O) groups excluding carboxylic acids is 1. The van der Waals surface area contributed by atoms with Crippen molar-refractivity contribution in [2.24, 2.45) is 0 Å². The molecule has 0 saturated carbocycles. The zero-order valence-corrected chi connectivity index (χ0v) is 12.9. The summed E-state index contributed by atoms with van der Waals surface area (Å²) in [6.45, 7) is 1.41. The van der Waals surface area contributed by atoms with Gasteiger partial charge in [-0.1, -0.05) is 6.07 Å². The van der Waals surface area contributed by atoms with Crippen LogP contribution in [0.5, 0.6) is 0 Å². The molecule has 7 nitrogen and oxygen atoms in total. The zero-order chi connectivity index (χ0) is 16.0. The number of nitro benzene ring substituents is 1. The van der Waals surface area contributed by atoms with E-state index < -0.39 is 4.92 Å². The lowest BCUT2D eigenvalue weighted by Gasteiger charge is -2.19. The number of nitrogens with zero attached hydrogens (tertiary/aromatic N) is 3. The first kappa shape index (κ1) is 16.9. The maximum Gasteiger partial charge on any atom is 0.305 e. The molecule has 21 heavy (non-hydrogen) atoms. The molecule has 0 aliphatic heterocycles. The summed E-state index contributed by atoms with van der Waals surface area (Å²) in [4.78, 5) is 26.6. The fraction of sp³-hybridized carbons (Fsp3) is 0.500. The number of hydrogen-bond acceptors (Lipinski definition) is 5. The maximum atomic E-state index is 12.4. The Morgan fingerprint density at radius 3 is 2.48 bits per heavy atom. The molecule has 7 heteroatoms. The van der Waals surface area contributed by atoms with Crippen LogP contribution >= 0.6 is 0 Å². The lowest BCUT2D eigenvalue weighted by molar-refractivity contribution is -0.384. The van der Waals surface area contributed by atoms with Gasteiger partial charge < -0.3 is 15.1 Å². The summed E-state index contributed by atoms with van der Waals surface area (Å²) >= 11 is 0. The first-order valence-electron chi connectivity index (χ1n) is 6.73. The fourth-order valence-corrected chi connectivity index (χ4v) is 2.05. The molecule has 0 fully saturated rings. The van der Waals surface area contributed by atoms with Crippen LogP contribution in [0.25, 0.3) is 0 Å². The van der Waals surface area contributed by atoms with Crippen molar-refractivity contribution >= 4 is 17.3 Å². The standard InChI is InChI=1S/C14H22N4O3/c1-15-12-8-5-7-11(13(12)18(20)21)14(19)17(4)10-6-9-16(2)3/h5,7-8,15H,6,9-10H2,1-4H3. The molecule has 1 rings (SSSR count). The molecule has 116 valence electrons. The number of rotatable bonds is 7. The highest BCUT2D eigenvalue weighted by molar-refractivity contribution is 6.00. The number of carbonyl (C=O) groups is 1. The van der Waals surface area contributed by atoms with Crippen LogP contribution in [0, 0.1) is 10.1 Å². The SMILES string of the molecule is CNc1cccc(C(=O)N(C)CCCN(C)C)c1[N+](=O)[O-]. The van der Waals surface area contributed by atoms with E-state index in [1.165, 1.54) is 11.0 Å². The summed E-state index contributed by atoms with van der Waals surface area (Å²) in [5.41, 5.74) is 0.274. The van der Waals surface area contributed by atoms with Crippen LogP contribution in [0.15, 0.2) is 18.2 Å². The van der Waals surface area contributed by atoms with Gasteiger partial charge in [-0.3, -0.25) is 14.9 Å². The molecule has 1 N–H and O–H groups in total. The Labute approximate surface area is 124 Å². The third-order valence-corrected chi connectivity index (χ3v) is 3.16. The second-order valence-corrected chi connectivity index (χ2v) is 5.09. The highest BCUT2D eigenvalue weighted by Gasteiger charge is 2.25. The Kier molecular flexibility index (Phi) is 6.10. The van der Waals surface area contributed by atoms with Crippen molar-refractivity contribution in [1.29, 1.82) is 0 Å². The van der Waals surface area contributed by atoms with E-state index in [9.17, 15) is 14.9 Å². The van der Waals surface area contributed by atoms with E-state index in [1.807, 2.05) is 19.0 Å². The number of nitrogens with one attached hydrogen (secondary N) is 1. The van der Waals surface area contributed by atoms with Crippen LogP contribution < -0.4 is 5.32 Å². The Hall–Kier alpha value is -2.15. The van der Waals surface area contributed by atoms with Crippen molar-refractivity contribution in [1.82, 2.24) is 9.80 Å². The summed E-state index contributed by atoms with van der Waals surface area (Å²) in [6, 6.07) is 4.71. The van der Waals surface area contributed by atoms with Crippen molar-refractivity contribution < 1.29 is 9.72 Å². The molecule has 0 heterocycles. The van der Waals surface area contributed by atoms with Crippen molar-refractivity contribution in [2.45, 2.75) is 6.42 Å². The topological polar surface area (TPSA) is 78.7 Å². The van der Waals surface area contributed by atoms with Gasteiger partial charge in [0.2, 0.25) is 0 Å². The van der Waals surface area contributed by atoms with E-state index in [1.54, 1.807) is 26.2 Å². The second-order valence-electron chi connectivity index (χ2n) is 5.09.